The molecule has 1 unspecified atom stereocenters. The number of piperidine rings is 1. The maximum atomic E-state index is 14.5. The number of methoxy groups -OCH3 is 3. The molecular weight excluding hydrogens is 506 g/mol. The van der Waals surface area contributed by atoms with Crippen molar-refractivity contribution in [2.45, 2.75) is 19.3 Å². The molecule has 0 spiro atoms. The molecule has 7 nitrogen and oxygen atoms in total. The van der Waals surface area contributed by atoms with Crippen LogP contribution in [0.3, 0.4) is 0 Å². The van der Waals surface area contributed by atoms with E-state index in [0.29, 0.717) is 66.3 Å². The Kier molecular flexibility index (Phi) is 7.51. The highest BCUT2D eigenvalue weighted by molar-refractivity contribution is 6.08. The molecule has 1 aliphatic carbocycles. The van der Waals surface area contributed by atoms with Crippen molar-refractivity contribution in [2.75, 3.05) is 41.5 Å². The second-order valence-electron chi connectivity index (χ2n) is 11.1. The summed E-state index contributed by atoms with van der Waals surface area (Å²) in [6.45, 7) is 0.862. The Morgan fingerprint density at radius 3 is 1.45 bits per heavy atom. The molecule has 3 aromatic rings. The molecule has 1 saturated carbocycles. The van der Waals surface area contributed by atoms with Crippen molar-refractivity contribution in [1.82, 2.24) is 4.90 Å². The first-order chi connectivity index (χ1) is 19.3. The van der Waals surface area contributed by atoms with Gasteiger partial charge in [-0.25, -0.2) is 0 Å². The van der Waals surface area contributed by atoms with Gasteiger partial charge in [-0.3, -0.25) is 14.4 Å². The van der Waals surface area contributed by atoms with E-state index in [2.05, 4.69) is 4.90 Å². The normalized spacial score (nSPS) is 24.1. The van der Waals surface area contributed by atoms with E-state index in [1.54, 1.807) is 56.7 Å². The van der Waals surface area contributed by atoms with Gasteiger partial charge < -0.3 is 19.1 Å². The molecule has 0 aromatic heterocycles. The maximum Gasteiger partial charge on any atom is 0.174 e. The third-order valence-electron chi connectivity index (χ3n) is 8.51. The molecule has 2 fully saturated rings. The van der Waals surface area contributed by atoms with Crippen LogP contribution in [0.15, 0.2) is 72.8 Å². The lowest BCUT2D eigenvalue weighted by Crippen LogP contribution is -2.61. The number of hydrogen-bond donors (Lipinski definition) is 0. The third-order valence-corrected chi connectivity index (χ3v) is 8.51. The van der Waals surface area contributed by atoms with Crippen LogP contribution in [0.5, 0.6) is 17.2 Å². The number of hydrogen-bond acceptors (Lipinski definition) is 7. The molecule has 40 heavy (non-hydrogen) atoms. The number of rotatable bonds is 9. The molecule has 3 aromatic carbocycles. The molecule has 5 rings (SSSR count). The second-order valence-corrected chi connectivity index (χ2v) is 11.1. The van der Waals surface area contributed by atoms with Crippen molar-refractivity contribution >= 4 is 17.3 Å². The number of carbonyl (C=O) groups is 3. The Balaban J connectivity index is 1.66. The zero-order chi connectivity index (χ0) is 28.5. The molecule has 0 amide bonds. The highest BCUT2D eigenvalue weighted by Crippen LogP contribution is 2.57. The number of ketones is 3. The zero-order valence-electron chi connectivity index (χ0n) is 23.4. The summed E-state index contributed by atoms with van der Waals surface area (Å²) in [7, 11) is 6.56. The Morgan fingerprint density at radius 1 is 0.650 bits per heavy atom. The highest BCUT2D eigenvalue weighted by atomic mass is 16.5. The van der Waals surface area contributed by atoms with Crippen molar-refractivity contribution in [3.05, 3.63) is 89.5 Å². The molecular formula is C33H35NO6. The van der Waals surface area contributed by atoms with E-state index in [1.165, 1.54) is 7.11 Å². The van der Waals surface area contributed by atoms with Gasteiger partial charge >= 0.3 is 0 Å². The number of para-hydroxylation sites is 3. The molecule has 2 aliphatic rings. The summed E-state index contributed by atoms with van der Waals surface area (Å²) in [6, 6.07) is 21.5. The van der Waals surface area contributed by atoms with Gasteiger partial charge in [0.1, 0.15) is 17.2 Å². The van der Waals surface area contributed by atoms with Gasteiger partial charge in [0.25, 0.3) is 0 Å². The third kappa shape index (κ3) is 4.68. The number of Topliss-reactive ketones (excluding diaryl/α,β-unsaturated/α-hetero) is 3. The predicted octanol–water partition coefficient (Wildman–Crippen LogP) is 5.38. The van der Waals surface area contributed by atoms with Gasteiger partial charge in [0, 0.05) is 29.8 Å². The van der Waals surface area contributed by atoms with Crippen LogP contribution in [0.25, 0.3) is 0 Å². The van der Waals surface area contributed by atoms with E-state index in [9.17, 15) is 14.4 Å². The molecule has 0 radical (unpaired) electrons. The van der Waals surface area contributed by atoms with Crippen molar-refractivity contribution in [2.24, 2.45) is 16.7 Å². The average molecular weight is 542 g/mol. The fourth-order valence-electron chi connectivity index (χ4n) is 7.12. The lowest BCUT2D eigenvalue weighted by molar-refractivity contribution is -0.0318. The van der Waals surface area contributed by atoms with E-state index in [4.69, 9.17) is 14.2 Å². The van der Waals surface area contributed by atoms with Crippen LogP contribution >= 0.6 is 0 Å². The zero-order valence-corrected chi connectivity index (χ0v) is 23.4. The van der Waals surface area contributed by atoms with E-state index >= 15 is 0 Å². The summed E-state index contributed by atoms with van der Waals surface area (Å²) >= 11 is 0. The van der Waals surface area contributed by atoms with Gasteiger partial charge in [-0.05, 0) is 62.7 Å². The minimum Gasteiger partial charge on any atom is -0.496 e. The first-order valence-electron chi connectivity index (χ1n) is 13.5. The topological polar surface area (TPSA) is 82.1 Å². The van der Waals surface area contributed by atoms with Crippen LogP contribution in [-0.4, -0.2) is 63.7 Å². The molecule has 1 aliphatic heterocycles. The second kappa shape index (κ2) is 10.9. The smallest absolute Gasteiger partial charge is 0.174 e. The first kappa shape index (κ1) is 27.6. The van der Waals surface area contributed by atoms with Crippen molar-refractivity contribution in [3.63, 3.8) is 0 Å². The Bertz CT molecular complexity index is 1370. The van der Waals surface area contributed by atoms with Crippen LogP contribution in [0.1, 0.15) is 50.3 Å². The fourth-order valence-corrected chi connectivity index (χ4v) is 7.12. The quantitative estimate of drug-likeness (QED) is 0.337. The molecule has 3 atom stereocenters. The minimum atomic E-state index is -0.972. The Hall–Kier alpha value is -3.97. The lowest BCUT2D eigenvalue weighted by atomic mass is 9.51. The number of ether oxygens (including phenoxy) is 3. The van der Waals surface area contributed by atoms with E-state index < -0.39 is 16.7 Å². The monoisotopic (exact) mass is 541 g/mol. The summed E-state index contributed by atoms with van der Waals surface area (Å²) in [5.74, 6) is 0.560. The predicted molar refractivity (Wildman–Crippen MR) is 152 cm³/mol. The number of fused-ring (bicyclic) bond motifs is 2. The van der Waals surface area contributed by atoms with Crippen LogP contribution in [0, 0.1) is 16.7 Å². The SMILES string of the molecule is COc1ccccc1C(=O)C1C[C@]2(C(=O)c3ccccc3OC)CN(C)C[C@](C(=O)c3ccccc3OC)(C1)C2. The summed E-state index contributed by atoms with van der Waals surface area (Å²) in [5, 5.41) is 0. The highest BCUT2D eigenvalue weighted by Gasteiger charge is 2.60. The van der Waals surface area contributed by atoms with Crippen LogP contribution < -0.4 is 14.2 Å². The lowest BCUT2D eigenvalue weighted by Gasteiger charge is -2.55. The van der Waals surface area contributed by atoms with Crippen LogP contribution in [0.2, 0.25) is 0 Å². The van der Waals surface area contributed by atoms with E-state index in [-0.39, 0.29) is 17.3 Å². The average Bonchev–Trinajstić information content (AvgIpc) is 2.99. The number of nitrogens with zero attached hydrogens (tertiary/aromatic N) is 1. The minimum absolute atomic E-state index is 0.105. The number of likely N-dealkylation sites (tertiary alicyclic amines) is 1. The summed E-state index contributed by atoms with van der Waals surface area (Å²) < 4.78 is 16.6. The largest absolute Gasteiger partial charge is 0.496 e. The van der Waals surface area contributed by atoms with Crippen LogP contribution in [-0.2, 0) is 0 Å². The van der Waals surface area contributed by atoms with Gasteiger partial charge in [0.2, 0.25) is 0 Å². The molecule has 7 heteroatoms. The number of benzene rings is 3. The Morgan fingerprint density at radius 2 is 1.02 bits per heavy atom. The summed E-state index contributed by atoms with van der Waals surface area (Å²) in [4.78, 5) is 45.3. The van der Waals surface area contributed by atoms with Crippen molar-refractivity contribution < 1.29 is 28.6 Å². The molecule has 1 saturated heterocycles. The van der Waals surface area contributed by atoms with Gasteiger partial charge in [-0.1, -0.05) is 36.4 Å². The van der Waals surface area contributed by atoms with E-state index in [1.807, 2.05) is 37.4 Å². The van der Waals surface area contributed by atoms with Crippen molar-refractivity contribution in [1.29, 1.82) is 0 Å². The van der Waals surface area contributed by atoms with Gasteiger partial charge in [-0.2, -0.15) is 0 Å². The number of carbonyl (C=O) groups excluding carboxylic acids is 3. The van der Waals surface area contributed by atoms with E-state index in [0.717, 1.165) is 0 Å². The van der Waals surface area contributed by atoms with Gasteiger partial charge in [0.15, 0.2) is 17.3 Å². The standard InChI is InChI=1S/C33H35NO6/c1-34-20-32(30(36)24-12-6-9-15-27(24)39-3)17-22(29(35)23-11-5-8-14-26(23)38-2)18-33(19-32,21-34)31(37)25-13-7-10-16-28(25)40-4/h5-16,22H,17-21H2,1-4H3/t22?,32-,33+. The van der Waals surface area contributed by atoms with Crippen LogP contribution in [0.4, 0.5) is 0 Å². The Labute approximate surface area is 235 Å². The molecule has 208 valence electrons. The van der Waals surface area contributed by atoms with Gasteiger partial charge in [-0.15, -0.1) is 0 Å². The maximum absolute atomic E-state index is 14.5. The fraction of sp³-hybridized carbons (Fsp3) is 0.364. The van der Waals surface area contributed by atoms with Gasteiger partial charge in [0.05, 0.1) is 38.0 Å². The first-order valence-corrected chi connectivity index (χ1v) is 13.5. The molecule has 0 N–H and O–H groups in total. The molecule has 1 heterocycles. The summed E-state index contributed by atoms with van der Waals surface area (Å²) in [5.41, 5.74) is -0.559. The summed E-state index contributed by atoms with van der Waals surface area (Å²) in [6.07, 6.45) is 0.992. The van der Waals surface area contributed by atoms with Crippen molar-refractivity contribution in [3.8, 4) is 17.2 Å². The molecule has 2 bridgehead atoms.